The molecule has 0 bridgehead atoms. The van der Waals surface area contributed by atoms with Gasteiger partial charge in [0.25, 0.3) is 0 Å². The molecule has 0 heterocycles. The molecular weight excluding hydrogens is 217 g/mol. The van der Waals surface area contributed by atoms with Crippen molar-refractivity contribution in [3.63, 3.8) is 0 Å². The van der Waals surface area contributed by atoms with E-state index in [0.717, 1.165) is 0 Å². The molecule has 0 unspecified atom stereocenters. The Bertz CT molecular complexity index is 414. The lowest BCUT2D eigenvalue weighted by Gasteiger charge is -2.11. The smallest absolute Gasteiger partial charge is 0.151 e. The topological polar surface area (TPSA) is 60.2 Å². The van der Waals surface area contributed by atoms with Crippen LogP contribution in [0.1, 0.15) is 18.5 Å². The van der Waals surface area contributed by atoms with E-state index in [-0.39, 0.29) is 17.3 Å². The van der Waals surface area contributed by atoms with Gasteiger partial charge in [-0.05, 0) is 17.7 Å². The lowest BCUT2D eigenvalue weighted by molar-refractivity contribution is 0.590. The lowest BCUT2D eigenvalue weighted by atomic mass is 10.1. The van der Waals surface area contributed by atoms with Gasteiger partial charge in [-0.1, -0.05) is 19.1 Å². The van der Waals surface area contributed by atoms with E-state index in [1.807, 2.05) is 0 Å². The van der Waals surface area contributed by atoms with Crippen LogP contribution >= 0.6 is 0 Å². The van der Waals surface area contributed by atoms with Gasteiger partial charge in [0.1, 0.15) is 5.82 Å². The maximum absolute atomic E-state index is 12.6. The molecule has 0 aliphatic carbocycles. The normalized spacial score (nSPS) is 13.8. The summed E-state index contributed by atoms with van der Waals surface area (Å²) in [5, 5.41) is 0. The molecule has 1 aromatic carbocycles. The molecule has 0 aliphatic rings. The molecule has 0 aliphatic heterocycles. The summed E-state index contributed by atoms with van der Waals surface area (Å²) >= 11 is 0. The highest BCUT2D eigenvalue weighted by atomic mass is 32.2. The van der Waals surface area contributed by atoms with Gasteiger partial charge >= 0.3 is 0 Å². The van der Waals surface area contributed by atoms with Crippen molar-refractivity contribution in [2.24, 2.45) is 5.73 Å². The summed E-state index contributed by atoms with van der Waals surface area (Å²) in [6, 6.07) is 4.97. The van der Waals surface area contributed by atoms with Crippen LogP contribution in [-0.2, 0) is 9.84 Å². The second kappa shape index (κ2) is 4.72. The fourth-order valence-corrected chi connectivity index (χ4v) is 2.17. The first-order chi connectivity index (χ1) is 6.94. The fraction of sp³-hybridized carbons (Fsp3) is 0.400. The standard InChI is InChI=1S/C10H14FNO2S/c1-2-15(13,14)7-10(12)8-3-5-9(11)6-4-8/h3-6,10H,2,7,12H2,1H3/t10-/m0/s1. The van der Waals surface area contributed by atoms with Gasteiger partial charge in [0, 0.05) is 11.8 Å². The van der Waals surface area contributed by atoms with Crippen molar-refractivity contribution in [3.8, 4) is 0 Å². The number of nitrogens with two attached hydrogens (primary N) is 1. The van der Waals surface area contributed by atoms with Crippen molar-refractivity contribution in [1.82, 2.24) is 0 Å². The summed E-state index contributed by atoms with van der Waals surface area (Å²) in [6.45, 7) is 1.58. The SMILES string of the molecule is CCS(=O)(=O)C[C@H](N)c1ccc(F)cc1. The van der Waals surface area contributed by atoms with Crippen molar-refractivity contribution >= 4 is 9.84 Å². The zero-order valence-electron chi connectivity index (χ0n) is 8.48. The first-order valence-corrected chi connectivity index (χ1v) is 6.48. The molecular formula is C10H14FNO2S. The first kappa shape index (κ1) is 12.1. The van der Waals surface area contributed by atoms with Crippen LogP contribution in [0.2, 0.25) is 0 Å². The van der Waals surface area contributed by atoms with Crippen LogP contribution in [-0.4, -0.2) is 19.9 Å². The lowest BCUT2D eigenvalue weighted by Crippen LogP contribution is -2.22. The van der Waals surface area contributed by atoms with E-state index >= 15 is 0 Å². The highest BCUT2D eigenvalue weighted by Gasteiger charge is 2.15. The second-order valence-corrected chi connectivity index (χ2v) is 5.75. The molecule has 0 amide bonds. The van der Waals surface area contributed by atoms with Crippen molar-refractivity contribution in [3.05, 3.63) is 35.6 Å². The maximum Gasteiger partial charge on any atom is 0.151 e. The van der Waals surface area contributed by atoms with Crippen molar-refractivity contribution in [2.45, 2.75) is 13.0 Å². The van der Waals surface area contributed by atoms with Gasteiger partial charge in [-0.2, -0.15) is 0 Å². The van der Waals surface area contributed by atoms with Gasteiger partial charge in [0.2, 0.25) is 0 Å². The van der Waals surface area contributed by atoms with Gasteiger partial charge in [-0.15, -0.1) is 0 Å². The third-order valence-corrected chi connectivity index (χ3v) is 3.92. The van der Waals surface area contributed by atoms with Crippen LogP contribution in [0.3, 0.4) is 0 Å². The predicted octanol–water partition coefficient (Wildman–Crippen LogP) is 1.26. The van der Waals surface area contributed by atoms with Crippen LogP contribution in [0.5, 0.6) is 0 Å². The molecule has 0 spiro atoms. The Kier molecular flexibility index (Phi) is 3.82. The zero-order chi connectivity index (χ0) is 11.5. The molecule has 5 heteroatoms. The third-order valence-electron chi connectivity index (χ3n) is 2.17. The summed E-state index contributed by atoms with van der Waals surface area (Å²) in [7, 11) is -3.10. The Morgan fingerprint density at radius 3 is 2.33 bits per heavy atom. The number of halogens is 1. The number of sulfone groups is 1. The molecule has 0 saturated heterocycles. The summed E-state index contributed by atoms with van der Waals surface area (Å²) in [6.07, 6.45) is 0. The van der Waals surface area contributed by atoms with Crippen molar-refractivity contribution in [2.75, 3.05) is 11.5 Å². The molecule has 0 radical (unpaired) electrons. The Morgan fingerprint density at radius 2 is 1.87 bits per heavy atom. The zero-order valence-corrected chi connectivity index (χ0v) is 9.30. The minimum absolute atomic E-state index is 0.0713. The second-order valence-electron chi connectivity index (χ2n) is 3.36. The quantitative estimate of drug-likeness (QED) is 0.848. The maximum atomic E-state index is 12.6. The van der Waals surface area contributed by atoms with E-state index in [9.17, 15) is 12.8 Å². The Hall–Kier alpha value is -0.940. The number of hydrogen-bond donors (Lipinski definition) is 1. The minimum atomic E-state index is -3.10. The van der Waals surface area contributed by atoms with Gasteiger partial charge in [-0.25, -0.2) is 12.8 Å². The van der Waals surface area contributed by atoms with E-state index < -0.39 is 15.9 Å². The van der Waals surface area contributed by atoms with Crippen LogP contribution in [0.4, 0.5) is 4.39 Å². The van der Waals surface area contributed by atoms with E-state index in [1.54, 1.807) is 6.92 Å². The monoisotopic (exact) mass is 231 g/mol. The average molecular weight is 231 g/mol. The van der Waals surface area contributed by atoms with Gasteiger partial charge in [0.15, 0.2) is 9.84 Å². The third kappa shape index (κ3) is 3.60. The molecule has 1 aromatic rings. The van der Waals surface area contributed by atoms with Crippen molar-refractivity contribution < 1.29 is 12.8 Å². The predicted molar refractivity (Wildman–Crippen MR) is 57.7 cm³/mol. The van der Waals surface area contributed by atoms with Crippen molar-refractivity contribution in [1.29, 1.82) is 0 Å². The molecule has 0 fully saturated rings. The highest BCUT2D eigenvalue weighted by molar-refractivity contribution is 7.91. The summed E-state index contributed by atoms with van der Waals surface area (Å²) in [4.78, 5) is 0. The molecule has 0 aromatic heterocycles. The minimum Gasteiger partial charge on any atom is -0.323 e. The number of rotatable bonds is 4. The molecule has 15 heavy (non-hydrogen) atoms. The van der Waals surface area contributed by atoms with E-state index in [4.69, 9.17) is 5.73 Å². The summed E-state index contributed by atoms with van der Waals surface area (Å²) < 4.78 is 35.2. The van der Waals surface area contributed by atoms with Gasteiger partial charge in [-0.3, -0.25) is 0 Å². The van der Waals surface area contributed by atoms with E-state index in [0.29, 0.717) is 5.56 Å². The average Bonchev–Trinajstić information content (AvgIpc) is 2.18. The summed E-state index contributed by atoms with van der Waals surface area (Å²) in [5.74, 6) is -0.388. The van der Waals surface area contributed by atoms with Gasteiger partial charge < -0.3 is 5.73 Å². The largest absolute Gasteiger partial charge is 0.323 e. The molecule has 2 N–H and O–H groups in total. The molecule has 0 saturated carbocycles. The Balaban J connectivity index is 2.78. The van der Waals surface area contributed by atoms with Gasteiger partial charge in [0.05, 0.1) is 5.75 Å². The van der Waals surface area contributed by atoms with E-state index in [1.165, 1.54) is 24.3 Å². The highest BCUT2D eigenvalue weighted by Crippen LogP contribution is 2.13. The van der Waals surface area contributed by atoms with Crippen LogP contribution in [0, 0.1) is 5.82 Å². The Labute approximate surface area is 89.0 Å². The molecule has 1 atom stereocenters. The molecule has 1 rings (SSSR count). The van der Waals surface area contributed by atoms with Crippen LogP contribution < -0.4 is 5.73 Å². The molecule has 3 nitrogen and oxygen atoms in total. The van der Waals surface area contributed by atoms with Crippen LogP contribution in [0.25, 0.3) is 0 Å². The summed E-state index contributed by atoms with van der Waals surface area (Å²) in [5.41, 5.74) is 6.34. The number of hydrogen-bond acceptors (Lipinski definition) is 3. The molecule has 84 valence electrons. The first-order valence-electron chi connectivity index (χ1n) is 4.66. The fourth-order valence-electron chi connectivity index (χ4n) is 1.20. The number of benzene rings is 1. The van der Waals surface area contributed by atoms with Crippen LogP contribution in [0.15, 0.2) is 24.3 Å². The van der Waals surface area contributed by atoms with E-state index in [2.05, 4.69) is 0 Å². The Morgan fingerprint density at radius 1 is 1.33 bits per heavy atom.